The largest absolute Gasteiger partial charge is 0.377 e. The first-order valence-corrected chi connectivity index (χ1v) is 4.64. The summed E-state index contributed by atoms with van der Waals surface area (Å²) in [6.45, 7) is 9.36. The van der Waals surface area contributed by atoms with E-state index in [-0.39, 0.29) is 0 Å². The highest BCUT2D eigenvalue weighted by Crippen LogP contribution is 2.30. The number of hydrogen-bond donors (Lipinski definition) is 1. The van der Waals surface area contributed by atoms with Crippen LogP contribution in [0, 0.1) is 5.92 Å². The molecule has 2 aliphatic heterocycles. The van der Waals surface area contributed by atoms with Crippen LogP contribution in [0.2, 0.25) is 0 Å². The van der Waals surface area contributed by atoms with E-state index in [4.69, 9.17) is 4.74 Å². The Morgan fingerprint density at radius 1 is 1.36 bits per heavy atom. The predicted molar refractivity (Wildman–Crippen MR) is 46.7 cm³/mol. The molecule has 0 aliphatic carbocycles. The predicted octanol–water partition coefficient (Wildman–Crippen LogP) is 1.41. The lowest BCUT2D eigenvalue weighted by Crippen LogP contribution is -2.56. The highest BCUT2D eigenvalue weighted by atomic mass is 16.5. The lowest BCUT2D eigenvalue weighted by atomic mass is 9.92. The molecule has 2 nitrogen and oxygen atoms in total. The van der Waals surface area contributed by atoms with Gasteiger partial charge in [0.25, 0.3) is 0 Å². The van der Waals surface area contributed by atoms with E-state index in [1.807, 2.05) is 13.8 Å². The maximum atomic E-state index is 5.15. The van der Waals surface area contributed by atoms with Gasteiger partial charge in [0.1, 0.15) is 0 Å². The van der Waals surface area contributed by atoms with Gasteiger partial charge in [0, 0.05) is 0 Å². The molecule has 0 aromatic carbocycles. The summed E-state index contributed by atoms with van der Waals surface area (Å²) < 4.78 is 5.15. The van der Waals surface area contributed by atoms with E-state index in [1.165, 1.54) is 13.0 Å². The molecule has 2 fully saturated rings. The van der Waals surface area contributed by atoms with Gasteiger partial charge in [-0.3, -0.25) is 0 Å². The topological polar surface area (TPSA) is 21.3 Å². The van der Waals surface area contributed by atoms with Crippen LogP contribution < -0.4 is 5.32 Å². The monoisotopic (exact) mass is 157 g/mol. The van der Waals surface area contributed by atoms with Crippen molar-refractivity contribution in [3.05, 3.63) is 0 Å². The van der Waals surface area contributed by atoms with Crippen molar-refractivity contribution in [3.63, 3.8) is 0 Å². The van der Waals surface area contributed by atoms with E-state index in [2.05, 4.69) is 12.2 Å². The Balaban J connectivity index is 0.000000281. The Morgan fingerprint density at radius 2 is 2.00 bits per heavy atom. The van der Waals surface area contributed by atoms with Gasteiger partial charge < -0.3 is 10.1 Å². The van der Waals surface area contributed by atoms with Crippen LogP contribution in [0.5, 0.6) is 0 Å². The van der Waals surface area contributed by atoms with Crippen LogP contribution in [-0.4, -0.2) is 25.3 Å². The first-order chi connectivity index (χ1) is 5.31. The summed E-state index contributed by atoms with van der Waals surface area (Å²) in [6, 6.07) is 0. The summed E-state index contributed by atoms with van der Waals surface area (Å²) in [5.74, 6) is 0.855. The normalized spacial score (nSPS) is 32.5. The fraction of sp³-hybridized carbons (Fsp3) is 1.00. The van der Waals surface area contributed by atoms with E-state index in [9.17, 15) is 0 Å². The zero-order chi connectivity index (χ0) is 8.32. The van der Waals surface area contributed by atoms with Gasteiger partial charge in [0.2, 0.25) is 0 Å². The second-order valence-electron chi connectivity index (χ2n) is 3.46. The zero-order valence-electron chi connectivity index (χ0n) is 7.81. The molecule has 2 aliphatic rings. The van der Waals surface area contributed by atoms with Crippen LogP contribution in [0.1, 0.15) is 27.2 Å². The number of ether oxygens (including phenoxy) is 1. The molecule has 1 N–H and O–H groups in total. The van der Waals surface area contributed by atoms with Crippen molar-refractivity contribution in [1.82, 2.24) is 5.32 Å². The van der Waals surface area contributed by atoms with Crippen LogP contribution in [0.15, 0.2) is 0 Å². The minimum atomic E-state index is 0.416. The summed E-state index contributed by atoms with van der Waals surface area (Å²) in [4.78, 5) is 0. The van der Waals surface area contributed by atoms with Crippen molar-refractivity contribution in [2.24, 2.45) is 5.92 Å². The molecule has 2 heteroatoms. The lowest BCUT2D eigenvalue weighted by Gasteiger charge is -2.38. The average molecular weight is 157 g/mol. The molecule has 0 saturated carbocycles. The van der Waals surface area contributed by atoms with Crippen LogP contribution in [0.4, 0.5) is 0 Å². The van der Waals surface area contributed by atoms with Crippen LogP contribution in [0.25, 0.3) is 0 Å². The molecule has 0 aromatic rings. The number of hydrogen-bond acceptors (Lipinski definition) is 2. The Morgan fingerprint density at radius 3 is 2.18 bits per heavy atom. The third-order valence-electron chi connectivity index (χ3n) is 2.32. The van der Waals surface area contributed by atoms with Crippen molar-refractivity contribution in [1.29, 1.82) is 0 Å². The third kappa shape index (κ3) is 1.74. The van der Waals surface area contributed by atoms with Gasteiger partial charge in [-0.2, -0.15) is 0 Å². The van der Waals surface area contributed by atoms with Crippen molar-refractivity contribution in [2.45, 2.75) is 32.7 Å². The average Bonchev–Trinajstić information content (AvgIpc) is 2.35. The smallest absolute Gasteiger partial charge is 0.0672 e. The summed E-state index contributed by atoms with van der Waals surface area (Å²) in [6.07, 6.45) is 1.31. The molecule has 1 atom stereocenters. The highest BCUT2D eigenvalue weighted by Gasteiger charge is 2.43. The molecule has 0 amide bonds. The van der Waals surface area contributed by atoms with E-state index in [0.717, 1.165) is 19.1 Å². The van der Waals surface area contributed by atoms with Gasteiger partial charge >= 0.3 is 0 Å². The lowest BCUT2D eigenvalue weighted by molar-refractivity contribution is -0.0656. The molecule has 2 rings (SSSR count). The number of nitrogens with one attached hydrogen (secondary N) is 1. The van der Waals surface area contributed by atoms with Crippen LogP contribution >= 0.6 is 0 Å². The second-order valence-corrected chi connectivity index (χ2v) is 3.46. The third-order valence-corrected chi connectivity index (χ3v) is 2.32. The molecule has 1 spiro atoms. The van der Waals surface area contributed by atoms with Gasteiger partial charge in [-0.1, -0.05) is 20.8 Å². The van der Waals surface area contributed by atoms with Gasteiger partial charge in [0.05, 0.1) is 18.8 Å². The molecule has 2 heterocycles. The molecule has 0 radical (unpaired) electrons. The van der Waals surface area contributed by atoms with Crippen molar-refractivity contribution >= 4 is 0 Å². The van der Waals surface area contributed by atoms with Crippen LogP contribution in [-0.2, 0) is 4.74 Å². The van der Waals surface area contributed by atoms with Crippen molar-refractivity contribution in [2.75, 3.05) is 19.8 Å². The molecule has 0 aromatic heterocycles. The molecular formula is C9H19NO. The zero-order valence-corrected chi connectivity index (χ0v) is 7.81. The first kappa shape index (κ1) is 9.01. The fourth-order valence-corrected chi connectivity index (χ4v) is 1.77. The van der Waals surface area contributed by atoms with E-state index < -0.39 is 0 Å². The maximum Gasteiger partial charge on any atom is 0.0672 e. The number of rotatable bonds is 0. The Kier molecular flexibility index (Phi) is 2.90. The fourth-order valence-electron chi connectivity index (χ4n) is 1.77. The Hall–Kier alpha value is -0.0800. The Labute approximate surface area is 69.3 Å². The first-order valence-electron chi connectivity index (χ1n) is 4.64. The molecule has 2 saturated heterocycles. The standard InChI is InChI=1S/C7H13NO.C2H6/c1-6-2-7(8-3-6)4-9-5-7;1-2/h6,8H,2-5H2,1H3;1-2H3. The maximum absolute atomic E-state index is 5.15. The summed E-state index contributed by atoms with van der Waals surface area (Å²) in [7, 11) is 0. The quantitative estimate of drug-likeness (QED) is 0.574. The van der Waals surface area contributed by atoms with Gasteiger partial charge in [-0.15, -0.1) is 0 Å². The summed E-state index contributed by atoms with van der Waals surface area (Å²) in [5.41, 5.74) is 0.416. The van der Waals surface area contributed by atoms with Gasteiger partial charge in [0.15, 0.2) is 0 Å². The van der Waals surface area contributed by atoms with E-state index in [0.29, 0.717) is 5.54 Å². The molecule has 1 unspecified atom stereocenters. The minimum absolute atomic E-state index is 0.416. The van der Waals surface area contributed by atoms with Crippen molar-refractivity contribution < 1.29 is 4.74 Å². The SMILES string of the molecule is CC.CC1CNC2(COC2)C1. The van der Waals surface area contributed by atoms with Gasteiger partial charge in [-0.25, -0.2) is 0 Å². The minimum Gasteiger partial charge on any atom is -0.377 e. The van der Waals surface area contributed by atoms with E-state index in [1.54, 1.807) is 0 Å². The van der Waals surface area contributed by atoms with Crippen molar-refractivity contribution in [3.8, 4) is 0 Å². The molecular weight excluding hydrogens is 138 g/mol. The van der Waals surface area contributed by atoms with Crippen LogP contribution in [0.3, 0.4) is 0 Å². The van der Waals surface area contributed by atoms with E-state index >= 15 is 0 Å². The highest BCUT2D eigenvalue weighted by molar-refractivity contribution is 5.00. The summed E-state index contributed by atoms with van der Waals surface area (Å²) >= 11 is 0. The molecule has 66 valence electrons. The summed E-state index contributed by atoms with van der Waals surface area (Å²) in [5, 5.41) is 3.49. The Bertz CT molecular complexity index is 121. The van der Waals surface area contributed by atoms with Gasteiger partial charge in [-0.05, 0) is 18.9 Å². The molecule has 11 heavy (non-hydrogen) atoms. The second kappa shape index (κ2) is 3.55. The molecule has 0 bridgehead atoms.